The minimum atomic E-state index is 0.142. The van der Waals surface area contributed by atoms with Gasteiger partial charge in [0.1, 0.15) is 0 Å². The molecule has 0 heterocycles. The highest BCUT2D eigenvalue weighted by Crippen LogP contribution is 2.54. The summed E-state index contributed by atoms with van der Waals surface area (Å²) in [6.07, 6.45) is 7.26. The first-order chi connectivity index (χ1) is 7.45. The van der Waals surface area contributed by atoms with Gasteiger partial charge in [0, 0.05) is 0 Å². The molecule has 0 bridgehead atoms. The van der Waals surface area contributed by atoms with E-state index in [1.54, 1.807) is 0 Å². The number of allylic oxidation sites excluding steroid dienone is 4. The molecular weight excluding hydrogens is 264 g/mol. The van der Waals surface area contributed by atoms with Crippen molar-refractivity contribution in [3.63, 3.8) is 0 Å². The Balaban J connectivity index is 2.41. The Hall–Kier alpha value is -0.370. The van der Waals surface area contributed by atoms with Crippen LogP contribution < -0.4 is 0 Å². The number of carbonyl (C=O) groups excluding carboxylic acids is 1. The Morgan fingerprint density at radius 3 is 2.81 bits per heavy atom. The van der Waals surface area contributed by atoms with E-state index >= 15 is 0 Å². The molecule has 0 radical (unpaired) electrons. The van der Waals surface area contributed by atoms with E-state index in [-0.39, 0.29) is 11.2 Å². The summed E-state index contributed by atoms with van der Waals surface area (Å²) < 4.78 is 0.734. The van der Waals surface area contributed by atoms with Crippen molar-refractivity contribution in [2.45, 2.75) is 40.0 Å². The van der Waals surface area contributed by atoms with Crippen LogP contribution in [0.3, 0.4) is 0 Å². The second kappa shape index (κ2) is 4.14. The van der Waals surface area contributed by atoms with Gasteiger partial charge >= 0.3 is 0 Å². The molecule has 88 valence electrons. The molecule has 2 rings (SSSR count). The van der Waals surface area contributed by atoms with Crippen molar-refractivity contribution in [3.05, 3.63) is 22.2 Å². The molecule has 0 saturated heterocycles. The van der Waals surface area contributed by atoms with E-state index in [2.05, 4.69) is 42.8 Å². The van der Waals surface area contributed by atoms with Crippen LogP contribution in [0.5, 0.6) is 0 Å². The van der Waals surface area contributed by atoms with Gasteiger partial charge in [0.15, 0.2) is 5.78 Å². The molecule has 1 fully saturated rings. The van der Waals surface area contributed by atoms with E-state index in [0.717, 1.165) is 17.3 Å². The summed E-state index contributed by atoms with van der Waals surface area (Å²) in [6.45, 7) is 6.92. The maximum atomic E-state index is 11.8. The molecule has 2 heteroatoms. The molecule has 0 spiro atoms. The largest absolute Gasteiger partial charge is 0.289 e. The minimum Gasteiger partial charge on any atom is -0.289 e. The Morgan fingerprint density at radius 1 is 1.50 bits per heavy atom. The van der Waals surface area contributed by atoms with Gasteiger partial charge in [-0.3, -0.25) is 4.79 Å². The predicted octanol–water partition coefficient (Wildman–Crippen LogP) is 4.24. The fraction of sp³-hybridized carbons (Fsp3) is 0.643. The molecule has 1 saturated carbocycles. The third kappa shape index (κ3) is 1.81. The second-order valence-corrected chi connectivity index (χ2v) is 6.45. The Kier molecular flexibility index (Phi) is 3.13. The normalized spacial score (nSPS) is 34.6. The monoisotopic (exact) mass is 282 g/mol. The van der Waals surface area contributed by atoms with Crippen LogP contribution in [0.1, 0.15) is 40.0 Å². The summed E-state index contributed by atoms with van der Waals surface area (Å²) >= 11 is 3.36. The zero-order valence-electron chi connectivity index (χ0n) is 10.2. The number of hydrogen-bond acceptors (Lipinski definition) is 1. The Bertz CT molecular complexity index is 378. The van der Waals surface area contributed by atoms with Crippen LogP contribution in [-0.2, 0) is 4.79 Å². The molecule has 2 aliphatic carbocycles. The van der Waals surface area contributed by atoms with E-state index in [1.807, 2.05) is 6.08 Å². The molecule has 0 aromatic rings. The van der Waals surface area contributed by atoms with Crippen molar-refractivity contribution in [2.24, 2.45) is 17.3 Å². The lowest BCUT2D eigenvalue weighted by Gasteiger charge is -2.34. The van der Waals surface area contributed by atoms with Crippen LogP contribution in [0, 0.1) is 17.3 Å². The second-order valence-electron chi connectivity index (χ2n) is 5.60. The van der Waals surface area contributed by atoms with Gasteiger partial charge in [-0.15, -0.1) is 0 Å². The van der Waals surface area contributed by atoms with Crippen LogP contribution in [0.25, 0.3) is 0 Å². The van der Waals surface area contributed by atoms with Crippen molar-refractivity contribution in [2.75, 3.05) is 0 Å². The van der Waals surface area contributed by atoms with Gasteiger partial charge in [0.05, 0.1) is 4.48 Å². The average molecular weight is 283 g/mol. The lowest BCUT2D eigenvalue weighted by molar-refractivity contribution is -0.110. The van der Waals surface area contributed by atoms with Gasteiger partial charge in [-0.1, -0.05) is 32.4 Å². The summed E-state index contributed by atoms with van der Waals surface area (Å²) in [5.41, 5.74) is 1.57. The molecule has 0 aromatic heterocycles. The fourth-order valence-electron chi connectivity index (χ4n) is 3.37. The van der Waals surface area contributed by atoms with E-state index in [1.165, 1.54) is 12.0 Å². The summed E-state index contributed by atoms with van der Waals surface area (Å²) in [6, 6.07) is 0. The zero-order chi connectivity index (χ0) is 11.9. The average Bonchev–Trinajstić information content (AvgIpc) is 2.48. The maximum Gasteiger partial charge on any atom is 0.192 e. The standard InChI is InChI=1S/C14H19BrO/c1-9(2)11-5-4-10-8-13(16)12(15)6-7-14(10,11)3/h6,8-9,11H,4-5,7H2,1-3H3/t11-,14+/m1/s1. The highest BCUT2D eigenvalue weighted by Gasteiger charge is 2.44. The molecule has 2 atom stereocenters. The smallest absolute Gasteiger partial charge is 0.192 e. The highest BCUT2D eigenvalue weighted by atomic mass is 79.9. The number of rotatable bonds is 1. The molecule has 1 nitrogen and oxygen atoms in total. The Morgan fingerprint density at radius 2 is 2.19 bits per heavy atom. The minimum absolute atomic E-state index is 0.142. The number of hydrogen-bond donors (Lipinski definition) is 0. The first-order valence-corrected chi connectivity index (χ1v) is 6.85. The van der Waals surface area contributed by atoms with E-state index in [4.69, 9.17) is 0 Å². The summed E-state index contributed by atoms with van der Waals surface area (Å²) in [5, 5.41) is 0. The lowest BCUT2D eigenvalue weighted by Crippen LogP contribution is -2.26. The number of ketones is 1. The molecule has 0 aromatic carbocycles. The van der Waals surface area contributed by atoms with Gasteiger partial charge in [0.2, 0.25) is 0 Å². The SMILES string of the molecule is CC(C)[C@H]1CCC2=CC(=O)C(Br)=CC[C@@]21C. The van der Waals surface area contributed by atoms with Gasteiger partial charge < -0.3 is 0 Å². The molecule has 2 aliphatic rings. The van der Waals surface area contributed by atoms with Crippen LogP contribution in [0.4, 0.5) is 0 Å². The molecule has 0 aliphatic heterocycles. The van der Waals surface area contributed by atoms with Gasteiger partial charge in [-0.25, -0.2) is 0 Å². The van der Waals surface area contributed by atoms with Crippen molar-refractivity contribution >= 4 is 21.7 Å². The van der Waals surface area contributed by atoms with Gasteiger partial charge in [0.25, 0.3) is 0 Å². The summed E-state index contributed by atoms with van der Waals surface area (Å²) in [7, 11) is 0. The van der Waals surface area contributed by atoms with Crippen molar-refractivity contribution < 1.29 is 4.79 Å². The zero-order valence-corrected chi connectivity index (χ0v) is 11.8. The number of halogens is 1. The predicted molar refractivity (Wildman–Crippen MR) is 70.4 cm³/mol. The van der Waals surface area contributed by atoms with Crippen LogP contribution in [0.15, 0.2) is 22.2 Å². The highest BCUT2D eigenvalue weighted by molar-refractivity contribution is 9.12. The van der Waals surface area contributed by atoms with Crippen molar-refractivity contribution in [3.8, 4) is 0 Å². The fourth-order valence-corrected chi connectivity index (χ4v) is 3.65. The number of fused-ring (bicyclic) bond motifs is 1. The third-order valence-corrected chi connectivity index (χ3v) is 5.04. The van der Waals surface area contributed by atoms with Crippen LogP contribution in [-0.4, -0.2) is 5.78 Å². The lowest BCUT2D eigenvalue weighted by atomic mass is 9.70. The van der Waals surface area contributed by atoms with Gasteiger partial charge in [-0.05, 0) is 58.5 Å². The molecule has 0 N–H and O–H groups in total. The summed E-state index contributed by atoms with van der Waals surface area (Å²) in [5.74, 6) is 1.54. The van der Waals surface area contributed by atoms with Crippen molar-refractivity contribution in [1.82, 2.24) is 0 Å². The first kappa shape index (κ1) is 12.1. The van der Waals surface area contributed by atoms with Crippen LogP contribution in [0.2, 0.25) is 0 Å². The maximum absolute atomic E-state index is 11.8. The third-order valence-electron chi connectivity index (χ3n) is 4.33. The van der Waals surface area contributed by atoms with E-state index < -0.39 is 0 Å². The quantitative estimate of drug-likeness (QED) is 0.703. The van der Waals surface area contributed by atoms with Gasteiger partial charge in [-0.2, -0.15) is 0 Å². The molecular formula is C14H19BrO. The summed E-state index contributed by atoms with van der Waals surface area (Å²) in [4.78, 5) is 11.8. The molecule has 0 unspecified atom stereocenters. The van der Waals surface area contributed by atoms with E-state index in [9.17, 15) is 4.79 Å². The molecule has 16 heavy (non-hydrogen) atoms. The Labute approximate surface area is 106 Å². The first-order valence-electron chi connectivity index (χ1n) is 6.06. The molecule has 0 amide bonds. The topological polar surface area (TPSA) is 17.1 Å². The van der Waals surface area contributed by atoms with Crippen molar-refractivity contribution in [1.29, 1.82) is 0 Å². The van der Waals surface area contributed by atoms with Crippen LogP contribution >= 0.6 is 15.9 Å². The van der Waals surface area contributed by atoms with E-state index in [0.29, 0.717) is 11.8 Å². The number of carbonyl (C=O) groups is 1.